The molecule has 0 spiro atoms. The number of amides is 3. The molecule has 1 aliphatic heterocycles. The maximum absolute atomic E-state index is 13.9. The highest BCUT2D eigenvalue weighted by atomic mass is 35.5. The first-order valence-corrected chi connectivity index (χ1v) is 13.3. The van der Waals surface area contributed by atoms with Gasteiger partial charge in [-0.05, 0) is 55.7 Å². The van der Waals surface area contributed by atoms with Crippen LogP contribution < -0.4 is 10.6 Å². The van der Waals surface area contributed by atoms with E-state index in [1.165, 1.54) is 12.1 Å². The Kier molecular flexibility index (Phi) is 9.19. The minimum atomic E-state index is -0.516. The quantitative estimate of drug-likeness (QED) is 0.265. The molecule has 0 bridgehead atoms. The molecule has 39 heavy (non-hydrogen) atoms. The van der Waals surface area contributed by atoms with Gasteiger partial charge in [0.2, 0.25) is 11.8 Å². The summed E-state index contributed by atoms with van der Waals surface area (Å²) in [5, 5.41) is 5.99. The molecule has 1 aliphatic rings. The number of carbonyl (C=O) groups excluding carboxylic acids is 3. The van der Waals surface area contributed by atoms with Crippen LogP contribution in [0.4, 0.5) is 20.6 Å². The molecule has 3 N–H and O–H groups in total. The fourth-order valence-corrected chi connectivity index (χ4v) is 4.55. The van der Waals surface area contributed by atoms with Crippen LogP contribution in [0.2, 0.25) is 5.02 Å². The molecule has 1 aromatic heterocycles. The number of rotatable bonds is 11. The number of fused-ring (bicyclic) bond motifs is 1. The molecular formula is C28H31ClFN5O4. The lowest BCUT2D eigenvalue weighted by molar-refractivity contribution is -0.129. The van der Waals surface area contributed by atoms with Gasteiger partial charge >= 0.3 is 6.09 Å². The average Bonchev–Trinajstić information content (AvgIpc) is 3.35. The van der Waals surface area contributed by atoms with Crippen molar-refractivity contribution in [2.75, 3.05) is 24.2 Å². The second kappa shape index (κ2) is 12.8. The Hall–Kier alpha value is -3.92. The van der Waals surface area contributed by atoms with Crippen molar-refractivity contribution in [3.63, 3.8) is 0 Å². The van der Waals surface area contributed by atoms with Crippen LogP contribution in [0.5, 0.6) is 0 Å². The third-order valence-corrected chi connectivity index (χ3v) is 6.72. The second-order valence-corrected chi connectivity index (χ2v) is 9.91. The van der Waals surface area contributed by atoms with Gasteiger partial charge in [-0.15, -0.1) is 0 Å². The van der Waals surface area contributed by atoms with E-state index >= 15 is 0 Å². The number of benzene rings is 2. The summed E-state index contributed by atoms with van der Waals surface area (Å²) in [5.74, 6) is -0.350. The van der Waals surface area contributed by atoms with Crippen LogP contribution in [0.15, 0.2) is 42.6 Å². The van der Waals surface area contributed by atoms with Crippen molar-refractivity contribution in [2.45, 2.75) is 51.6 Å². The lowest BCUT2D eigenvalue weighted by atomic mass is 10.0. The van der Waals surface area contributed by atoms with Gasteiger partial charge in [-0.2, -0.15) is 0 Å². The highest BCUT2D eigenvalue weighted by molar-refractivity contribution is 6.30. The van der Waals surface area contributed by atoms with E-state index < -0.39 is 18.0 Å². The zero-order valence-corrected chi connectivity index (χ0v) is 22.6. The van der Waals surface area contributed by atoms with Gasteiger partial charge in [0.15, 0.2) is 0 Å². The molecule has 2 aromatic carbocycles. The zero-order chi connectivity index (χ0) is 27.9. The maximum atomic E-state index is 13.9. The van der Waals surface area contributed by atoms with Crippen molar-refractivity contribution in [2.24, 2.45) is 0 Å². The van der Waals surface area contributed by atoms with Crippen LogP contribution in [0.3, 0.4) is 0 Å². The minimum Gasteiger partial charge on any atom is -0.441 e. The van der Waals surface area contributed by atoms with E-state index in [1.54, 1.807) is 42.4 Å². The molecule has 1 unspecified atom stereocenters. The molecule has 11 heteroatoms. The number of hydrogen-bond acceptors (Lipinski definition) is 5. The third-order valence-electron chi connectivity index (χ3n) is 6.48. The van der Waals surface area contributed by atoms with Gasteiger partial charge in [0.25, 0.3) is 0 Å². The number of nitrogens with one attached hydrogen (secondary N) is 3. The number of ether oxygens (including phenoxy) is 1. The largest absolute Gasteiger partial charge is 0.441 e. The summed E-state index contributed by atoms with van der Waals surface area (Å²) in [5.41, 5.74) is 2.97. The van der Waals surface area contributed by atoms with E-state index in [-0.39, 0.29) is 18.2 Å². The van der Waals surface area contributed by atoms with E-state index in [2.05, 4.69) is 20.6 Å². The summed E-state index contributed by atoms with van der Waals surface area (Å²) in [6, 6.07) is 9.36. The molecule has 206 valence electrons. The number of anilines is 2. The smallest absolute Gasteiger partial charge is 0.412 e. The highest BCUT2D eigenvalue weighted by Gasteiger charge is 2.26. The Morgan fingerprint density at radius 2 is 2.03 bits per heavy atom. The Labute approximate surface area is 231 Å². The highest BCUT2D eigenvalue weighted by Crippen LogP contribution is 2.35. The van der Waals surface area contributed by atoms with Crippen LogP contribution in [-0.4, -0.2) is 46.4 Å². The Morgan fingerprint density at radius 1 is 1.21 bits per heavy atom. The minimum absolute atomic E-state index is 0.0384. The van der Waals surface area contributed by atoms with Crippen molar-refractivity contribution in [1.82, 2.24) is 14.9 Å². The number of unbranched alkanes of at least 4 members (excludes halogenated alkanes) is 1. The first-order valence-electron chi connectivity index (χ1n) is 12.9. The van der Waals surface area contributed by atoms with Gasteiger partial charge in [-0.25, -0.2) is 14.2 Å². The van der Waals surface area contributed by atoms with E-state index in [0.717, 1.165) is 18.4 Å². The molecule has 4 rings (SSSR count). The van der Waals surface area contributed by atoms with Crippen LogP contribution >= 0.6 is 11.6 Å². The van der Waals surface area contributed by atoms with E-state index in [1.807, 2.05) is 6.92 Å². The fraction of sp³-hybridized carbons (Fsp3) is 0.357. The van der Waals surface area contributed by atoms with Crippen molar-refractivity contribution in [1.29, 1.82) is 0 Å². The van der Waals surface area contributed by atoms with Crippen LogP contribution in [0.25, 0.3) is 11.3 Å². The third kappa shape index (κ3) is 7.35. The molecule has 9 nitrogen and oxygen atoms in total. The van der Waals surface area contributed by atoms with Crippen LogP contribution in [0, 0.1) is 5.82 Å². The van der Waals surface area contributed by atoms with Crippen LogP contribution in [0.1, 0.15) is 56.5 Å². The van der Waals surface area contributed by atoms with Gasteiger partial charge in [-0.3, -0.25) is 14.9 Å². The van der Waals surface area contributed by atoms with Crippen molar-refractivity contribution in [3.8, 4) is 11.3 Å². The summed E-state index contributed by atoms with van der Waals surface area (Å²) in [6.45, 7) is 2.45. The number of nitrogens with zero attached hydrogens (tertiary/aromatic N) is 2. The average molecular weight is 556 g/mol. The normalized spacial score (nSPS) is 14.3. The summed E-state index contributed by atoms with van der Waals surface area (Å²) in [4.78, 5) is 46.0. The maximum Gasteiger partial charge on any atom is 0.412 e. The molecule has 0 fully saturated rings. The first-order chi connectivity index (χ1) is 18.7. The van der Waals surface area contributed by atoms with Crippen molar-refractivity contribution >= 4 is 40.9 Å². The Morgan fingerprint density at radius 3 is 2.82 bits per heavy atom. The van der Waals surface area contributed by atoms with Crippen LogP contribution in [-0.2, 0) is 20.7 Å². The summed E-state index contributed by atoms with van der Waals surface area (Å²) in [7, 11) is 1.70. The van der Waals surface area contributed by atoms with Gasteiger partial charge in [0.05, 0.1) is 29.7 Å². The number of likely N-dealkylation sites (N-methyl/N-ethyl adjacent to an activating group) is 1. The number of H-pyrrole nitrogens is 1. The lowest BCUT2D eigenvalue weighted by Crippen LogP contribution is -2.30. The number of cyclic esters (lactones) is 1. The number of hydrogen-bond donors (Lipinski definition) is 3. The molecule has 3 amide bonds. The molecule has 0 radical (unpaired) electrons. The van der Waals surface area contributed by atoms with E-state index in [4.69, 9.17) is 16.3 Å². The second-order valence-electron chi connectivity index (χ2n) is 9.47. The fourth-order valence-electron chi connectivity index (χ4n) is 4.37. The lowest BCUT2D eigenvalue weighted by Gasteiger charge is -2.27. The van der Waals surface area contributed by atoms with Crippen molar-refractivity contribution < 1.29 is 23.5 Å². The number of imidazole rings is 1. The van der Waals surface area contributed by atoms with Gasteiger partial charge in [-0.1, -0.05) is 24.9 Å². The zero-order valence-electron chi connectivity index (χ0n) is 21.9. The Balaban J connectivity index is 1.34. The van der Waals surface area contributed by atoms with E-state index in [9.17, 15) is 18.8 Å². The van der Waals surface area contributed by atoms with Gasteiger partial charge in [0.1, 0.15) is 17.7 Å². The van der Waals surface area contributed by atoms with Gasteiger partial charge < -0.3 is 19.9 Å². The SMILES string of the molecule is CCCCC(=O)Nc1cc(F)ccc1-c1cnc(CC(=O)N(C)CCCC2OC(=O)Nc3ccc(Cl)cc32)[nH]1. The molecule has 0 saturated carbocycles. The number of carbonyl (C=O) groups is 3. The summed E-state index contributed by atoms with van der Waals surface area (Å²) >= 11 is 6.11. The predicted molar refractivity (Wildman–Crippen MR) is 147 cm³/mol. The molecule has 0 aliphatic carbocycles. The molecule has 0 saturated heterocycles. The number of aromatic nitrogens is 2. The topological polar surface area (TPSA) is 116 Å². The molecule has 3 aromatic rings. The summed E-state index contributed by atoms with van der Waals surface area (Å²) < 4.78 is 19.3. The number of aromatic amines is 1. The monoisotopic (exact) mass is 555 g/mol. The van der Waals surface area contributed by atoms with Gasteiger partial charge in [0, 0.05) is 36.2 Å². The number of halogens is 2. The predicted octanol–water partition coefficient (Wildman–Crippen LogP) is 6.08. The Bertz CT molecular complexity index is 1360. The standard InChI is InChI=1S/C28H31ClFN5O4/c1-3-4-7-26(36)33-22-14-18(30)9-10-19(22)23-16-31-25(32-23)15-27(37)35(2)12-5-6-24-20-13-17(29)8-11-21(20)34-28(38)39-24/h8-11,13-14,16,24H,3-7,12,15H2,1-2H3,(H,31,32)(H,33,36)(H,34,38). The first kappa shape index (κ1) is 28.1. The molecular weight excluding hydrogens is 525 g/mol. The summed E-state index contributed by atoms with van der Waals surface area (Å²) in [6.07, 6.45) is 3.74. The van der Waals surface area contributed by atoms with E-state index in [0.29, 0.717) is 59.3 Å². The van der Waals surface area contributed by atoms with Crippen molar-refractivity contribution in [3.05, 3.63) is 64.8 Å². The molecule has 2 heterocycles. The molecule has 1 atom stereocenters.